The fraction of sp³-hybridized carbons (Fsp3) is 0.417. The van der Waals surface area contributed by atoms with Gasteiger partial charge >= 0.3 is 0 Å². The lowest BCUT2D eigenvalue weighted by atomic mass is 10.1. The molecular weight excluding hydrogens is 188 g/mol. The molecular formula is C12H16N2O. The Morgan fingerprint density at radius 3 is 2.60 bits per heavy atom. The van der Waals surface area contributed by atoms with Gasteiger partial charge in [-0.05, 0) is 24.1 Å². The van der Waals surface area contributed by atoms with Gasteiger partial charge in [-0.1, -0.05) is 12.1 Å². The molecule has 15 heavy (non-hydrogen) atoms. The van der Waals surface area contributed by atoms with Crippen molar-refractivity contribution in [1.82, 2.24) is 0 Å². The lowest BCUT2D eigenvalue weighted by molar-refractivity contribution is -0.118. The van der Waals surface area contributed by atoms with Gasteiger partial charge in [0.15, 0.2) is 5.78 Å². The number of carbonyl (C=O) groups excluding carboxylic acids is 1. The standard InChI is InChI=1S/C12H16N2O/c13-8-10-3-5-11(6-4-10)14-7-1-2-12(15)9-14/h3-6H,1-2,7-9,13H2. The number of Topliss-reactive ketones (excluding diaryl/α,β-unsaturated/α-hetero) is 1. The van der Waals surface area contributed by atoms with E-state index in [2.05, 4.69) is 4.90 Å². The Morgan fingerprint density at radius 2 is 2.00 bits per heavy atom. The fourth-order valence-corrected chi connectivity index (χ4v) is 1.90. The molecule has 0 bridgehead atoms. The van der Waals surface area contributed by atoms with Crippen LogP contribution in [0.5, 0.6) is 0 Å². The van der Waals surface area contributed by atoms with Crippen molar-refractivity contribution in [3.63, 3.8) is 0 Å². The Hall–Kier alpha value is -1.35. The molecule has 0 aliphatic carbocycles. The zero-order valence-electron chi connectivity index (χ0n) is 8.78. The molecule has 1 saturated heterocycles. The van der Waals surface area contributed by atoms with E-state index >= 15 is 0 Å². The van der Waals surface area contributed by atoms with Crippen molar-refractivity contribution in [2.45, 2.75) is 19.4 Å². The minimum absolute atomic E-state index is 0.337. The molecule has 1 fully saturated rings. The molecule has 80 valence electrons. The second kappa shape index (κ2) is 4.45. The summed E-state index contributed by atoms with van der Waals surface area (Å²) in [6, 6.07) is 8.13. The third-order valence-corrected chi connectivity index (χ3v) is 2.79. The van der Waals surface area contributed by atoms with Gasteiger partial charge in [-0.2, -0.15) is 0 Å². The van der Waals surface area contributed by atoms with Crippen molar-refractivity contribution < 1.29 is 4.79 Å². The third kappa shape index (κ3) is 2.36. The summed E-state index contributed by atoms with van der Waals surface area (Å²) in [7, 11) is 0. The maximum absolute atomic E-state index is 11.3. The number of nitrogens with two attached hydrogens (primary N) is 1. The molecule has 1 aromatic rings. The van der Waals surface area contributed by atoms with Crippen molar-refractivity contribution in [3.05, 3.63) is 29.8 Å². The normalized spacial score (nSPS) is 16.9. The fourth-order valence-electron chi connectivity index (χ4n) is 1.90. The summed E-state index contributed by atoms with van der Waals surface area (Å²) in [5.41, 5.74) is 7.78. The van der Waals surface area contributed by atoms with Crippen molar-refractivity contribution in [3.8, 4) is 0 Å². The van der Waals surface area contributed by atoms with Gasteiger partial charge in [0.1, 0.15) is 0 Å². The van der Waals surface area contributed by atoms with Crippen molar-refractivity contribution >= 4 is 11.5 Å². The molecule has 2 N–H and O–H groups in total. The monoisotopic (exact) mass is 204 g/mol. The Labute approximate surface area is 89.9 Å². The van der Waals surface area contributed by atoms with Crippen LogP contribution in [-0.2, 0) is 11.3 Å². The predicted molar refractivity (Wildman–Crippen MR) is 60.8 cm³/mol. The van der Waals surface area contributed by atoms with Crippen molar-refractivity contribution in [2.75, 3.05) is 18.0 Å². The molecule has 1 aromatic carbocycles. The number of hydrogen-bond acceptors (Lipinski definition) is 3. The summed E-state index contributed by atoms with van der Waals surface area (Å²) in [6.07, 6.45) is 1.70. The lowest BCUT2D eigenvalue weighted by Crippen LogP contribution is -2.35. The Bertz CT molecular complexity index is 345. The second-order valence-corrected chi connectivity index (χ2v) is 3.93. The first kappa shape index (κ1) is 10.2. The van der Waals surface area contributed by atoms with E-state index in [4.69, 9.17) is 5.73 Å². The average molecular weight is 204 g/mol. The van der Waals surface area contributed by atoms with Crippen LogP contribution in [0.25, 0.3) is 0 Å². The van der Waals surface area contributed by atoms with Gasteiger partial charge < -0.3 is 10.6 Å². The smallest absolute Gasteiger partial charge is 0.152 e. The van der Waals surface area contributed by atoms with E-state index in [1.54, 1.807) is 0 Å². The molecule has 3 nitrogen and oxygen atoms in total. The number of hydrogen-bond donors (Lipinski definition) is 1. The van der Waals surface area contributed by atoms with Crippen LogP contribution in [0.15, 0.2) is 24.3 Å². The molecule has 0 aromatic heterocycles. The first-order valence-electron chi connectivity index (χ1n) is 5.35. The first-order valence-corrected chi connectivity index (χ1v) is 5.35. The van der Waals surface area contributed by atoms with E-state index in [1.165, 1.54) is 0 Å². The Balaban J connectivity index is 2.11. The maximum Gasteiger partial charge on any atom is 0.152 e. The van der Waals surface area contributed by atoms with Gasteiger partial charge in [0.05, 0.1) is 6.54 Å². The molecule has 0 amide bonds. The number of ketones is 1. The van der Waals surface area contributed by atoms with E-state index in [1.807, 2.05) is 24.3 Å². The van der Waals surface area contributed by atoms with Crippen LogP contribution in [0.1, 0.15) is 18.4 Å². The summed E-state index contributed by atoms with van der Waals surface area (Å²) in [6.45, 7) is 2.11. The summed E-state index contributed by atoms with van der Waals surface area (Å²) < 4.78 is 0. The summed E-state index contributed by atoms with van der Waals surface area (Å²) in [5, 5.41) is 0. The van der Waals surface area contributed by atoms with Gasteiger partial charge in [0, 0.05) is 25.2 Å². The number of benzene rings is 1. The van der Waals surface area contributed by atoms with E-state index in [9.17, 15) is 4.79 Å². The van der Waals surface area contributed by atoms with E-state index in [0.717, 1.165) is 30.6 Å². The number of carbonyl (C=O) groups is 1. The van der Waals surface area contributed by atoms with Crippen LogP contribution in [0.3, 0.4) is 0 Å². The van der Waals surface area contributed by atoms with E-state index in [0.29, 0.717) is 18.9 Å². The van der Waals surface area contributed by atoms with Gasteiger partial charge in [-0.3, -0.25) is 4.79 Å². The van der Waals surface area contributed by atoms with Gasteiger partial charge in [-0.15, -0.1) is 0 Å². The number of anilines is 1. The summed E-state index contributed by atoms with van der Waals surface area (Å²) >= 11 is 0. The molecule has 0 unspecified atom stereocenters. The molecule has 3 heteroatoms. The minimum Gasteiger partial charge on any atom is -0.364 e. The Kier molecular flexibility index (Phi) is 3.02. The van der Waals surface area contributed by atoms with Crippen molar-refractivity contribution in [1.29, 1.82) is 0 Å². The molecule has 1 heterocycles. The van der Waals surface area contributed by atoms with Crippen LogP contribution in [0.2, 0.25) is 0 Å². The van der Waals surface area contributed by atoms with Gasteiger partial charge in [-0.25, -0.2) is 0 Å². The Morgan fingerprint density at radius 1 is 1.27 bits per heavy atom. The van der Waals surface area contributed by atoms with Crippen LogP contribution < -0.4 is 10.6 Å². The van der Waals surface area contributed by atoms with Crippen LogP contribution in [0.4, 0.5) is 5.69 Å². The second-order valence-electron chi connectivity index (χ2n) is 3.93. The zero-order chi connectivity index (χ0) is 10.7. The summed E-state index contributed by atoms with van der Waals surface area (Å²) in [4.78, 5) is 13.4. The average Bonchev–Trinajstić information content (AvgIpc) is 2.29. The van der Waals surface area contributed by atoms with E-state index in [-0.39, 0.29) is 0 Å². The molecule has 1 aliphatic heterocycles. The number of nitrogens with zero attached hydrogens (tertiary/aromatic N) is 1. The molecule has 0 atom stereocenters. The predicted octanol–water partition coefficient (Wildman–Crippen LogP) is 1.31. The lowest BCUT2D eigenvalue weighted by Gasteiger charge is -2.27. The highest BCUT2D eigenvalue weighted by molar-refractivity contribution is 5.84. The number of piperidine rings is 1. The molecule has 1 aliphatic rings. The SMILES string of the molecule is NCc1ccc(N2CCCC(=O)C2)cc1. The quantitative estimate of drug-likeness (QED) is 0.790. The molecule has 0 radical (unpaired) electrons. The van der Waals surface area contributed by atoms with Crippen LogP contribution >= 0.6 is 0 Å². The van der Waals surface area contributed by atoms with Crippen LogP contribution in [0, 0.1) is 0 Å². The molecule has 0 saturated carbocycles. The zero-order valence-corrected chi connectivity index (χ0v) is 8.78. The minimum atomic E-state index is 0.337. The highest BCUT2D eigenvalue weighted by atomic mass is 16.1. The highest BCUT2D eigenvalue weighted by Gasteiger charge is 2.16. The van der Waals surface area contributed by atoms with Gasteiger partial charge in [0.2, 0.25) is 0 Å². The van der Waals surface area contributed by atoms with E-state index < -0.39 is 0 Å². The summed E-state index contributed by atoms with van der Waals surface area (Å²) in [5.74, 6) is 0.337. The highest BCUT2D eigenvalue weighted by Crippen LogP contribution is 2.18. The van der Waals surface area contributed by atoms with Crippen LogP contribution in [-0.4, -0.2) is 18.9 Å². The first-order chi connectivity index (χ1) is 7.29. The topological polar surface area (TPSA) is 46.3 Å². The largest absolute Gasteiger partial charge is 0.364 e. The van der Waals surface area contributed by atoms with Crippen molar-refractivity contribution in [2.24, 2.45) is 5.73 Å². The molecule has 0 spiro atoms. The molecule has 2 rings (SSSR count). The van der Waals surface area contributed by atoms with Gasteiger partial charge in [0.25, 0.3) is 0 Å². The third-order valence-electron chi connectivity index (χ3n) is 2.79. The maximum atomic E-state index is 11.3. The number of rotatable bonds is 2.